The number of fused-ring (bicyclic) bond motifs is 1. The Morgan fingerprint density at radius 1 is 1.21 bits per heavy atom. The fraction of sp³-hybridized carbons (Fsp3) is 0.571. The third-order valence-corrected chi connectivity index (χ3v) is 6.35. The summed E-state index contributed by atoms with van der Waals surface area (Å²) in [6, 6.07) is 7.96. The van der Waals surface area contributed by atoms with E-state index in [-0.39, 0.29) is 23.8 Å². The van der Waals surface area contributed by atoms with Crippen LogP contribution in [-0.4, -0.2) is 51.2 Å². The number of carbonyl (C=O) groups is 3. The number of nitrogens with one attached hydrogen (secondary N) is 1. The highest BCUT2D eigenvalue weighted by atomic mass is 32.1. The Balaban J connectivity index is 1.63. The zero-order chi connectivity index (χ0) is 20.3. The second-order valence-electron chi connectivity index (χ2n) is 7.88. The molecular weight excluding hydrogens is 376 g/mol. The van der Waals surface area contributed by atoms with Crippen LogP contribution in [0.25, 0.3) is 0 Å². The average Bonchev–Trinajstić information content (AvgIpc) is 3.08. The minimum Gasteiger partial charge on any atom is -0.480 e. The largest absolute Gasteiger partial charge is 0.480 e. The number of carboxylic acids is 1. The number of thiol groups is 1. The van der Waals surface area contributed by atoms with E-state index in [4.69, 9.17) is 0 Å². The summed E-state index contributed by atoms with van der Waals surface area (Å²) in [6.45, 7) is 1.62. The smallest absolute Gasteiger partial charge is 0.326 e. The van der Waals surface area contributed by atoms with E-state index in [9.17, 15) is 19.5 Å². The van der Waals surface area contributed by atoms with Crippen molar-refractivity contribution in [2.45, 2.75) is 68.8 Å². The molecule has 3 unspecified atom stereocenters. The lowest BCUT2D eigenvalue weighted by molar-refractivity contribution is -0.151. The Morgan fingerprint density at radius 2 is 1.89 bits per heavy atom. The van der Waals surface area contributed by atoms with Gasteiger partial charge in [-0.15, -0.1) is 0 Å². The van der Waals surface area contributed by atoms with Crippen molar-refractivity contribution < 1.29 is 19.5 Å². The highest BCUT2D eigenvalue weighted by molar-refractivity contribution is 7.81. The monoisotopic (exact) mass is 404 g/mol. The number of benzene rings is 1. The molecule has 0 radical (unpaired) electrons. The number of likely N-dealkylation sites (tertiary alicyclic amines) is 1. The van der Waals surface area contributed by atoms with E-state index in [1.165, 1.54) is 4.90 Å². The molecule has 0 aromatic heterocycles. The molecule has 2 aliphatic rings. The third-order valence-electron chi connectivity index (χ3n) is 5.93. The summed E-state index contributed by atoms with van der Waals surface area (Å²) < 4.78 is 0. The molecule has 1 heterocycles. The quantitative estimate of drug-likeness (QED) is 0.635. The van der Waals surface area contributed by atoms with E-state index in [1.54, 1.807) is 6.92 Å². The van der Waals surface area contributed by atoms with Gasteiger partial charge in [-0.05, 0) is 44.1 Å². The van der Waals surface area contributed by atoms with Crippen LogP contribution >= 0.6 is 12.6 Å². The van der Waals surface area contributed by atoms with Gasteiger partial charge in [0, 0.05) is 6.04 Å². The van der Waals surface area contributed by atoms with E-state index in [0.717, 1.165) is 31.2 Å². The topological polar surface area (TPSA) is 86.7 Å². The molecule has 1 aromatic rings. The molecule has 1 aliphatic carbocycles. The number of hydrogen-bond acceptors (Lipinski definition) is 4. The lowest BCUT2D eigenvalue weighted by atomic mass is 9.84. The normalized spacial score (nSPS) is 26.2. The Morgan fingerprint density at radius 3 is 2.57 bits per heavy atom. The van der Waals surface area contributed by atoms with Crippen LogP contribution in [0, 0.1) is 5.92 Å². The van der Waals surface area contributed by atoms with Crippen LogP contribution in [0.3, 0.4) is 0 Å². The minimum atomic E-state index is -0.961. The summed E-state index contributed by atoms with van der Waals surface area (Å²) in [4.78, 5) is 38.8. The van der Waals surface area contributed by atoms with Gasteiger partial charge in [0.2, 0.25) is 11.8 Å². The summed E-state index contributed by atoms with van der Waals surface area (Å²) in [5.41, 5.74) is 0.993. The van der Waals surface area contributed by atoms with Crippen LogP contribution in [0.2, 0.25) is 0 Å². The summed E-state index contributed by atoms with van der Waals surface area (Å²) in [7, 11) is 0. The number of hydrogen-bond donors (Lipinski definition) is 3. The van der Waals surface area contributed by atoms with Gasteiger partial charge in [-0.3, -0.25) is 9.59 Å². The van der Waals surface area contributed by atoms with Crippen molar-refractivity contribution in [3.63, 3.8) is 0 Å². The molecule has 1 aliphatic heterocycles. The summed E-state index contributed by atoms with van der Waals surface area (Å²) in [6.07, 6.45) is 4.87. The predicted octanol–water partition coefficient (Wildman–Crippen LogP) is 2.28. The van der Waals surface area contributed by atoms with E-state index >= 15 is 0 Å². The van der Waals surface area contributed by atoms with Crippen LogP contribution in [0.1, 0.15) is 44.6 Å². The van der Waals surface area contributed by atoms with Crippen molar-refractivity contribution >= 4 is 30.4 Å². The molecule has 6 nitrogen and oxygen atoms in total. The predicted molar refractivity (Wildman–Crippen MR) is 109 cm³/mol. The maximum atomic E-state index is 13.1. The van der Waals surface area contributed by atoms with Gasteiger partial charge in [-0.1, -0.05) is 43.2 Å². The van der Waals surface area contributed by atoms with Crippen molar-refractivity contribution in [2.24, 2.45) is 5.92 Å². The van der Waals surface area contributed by atoms with Crippen molar-refractivity contribution in [3.8, 4) is 0 Å². The van der Waals surface area contributed by atoms with Gasteiger partial charge in [0.25, 0.3) is 0 Å². The van der Waals surface area contributed by atoms with Crippen LogP contribution < -0.4 is 5.32 Å². The van der Waals surface area contributed by atoms with E-state index in [0.29, 0.717) is 12.8 Å². The van der Waals surface area contributed by atoms with Gasteiger partial charge in [0.15, 0.2) is 0 Å². The Kier molecular flexibility index (Phi) is 6.65. The summed E-state index contributed by atoms with van der Waals surface area (Å²) in [5, 5.41) is 11.8. The van der Waals surface area contributed by atoms with Gasteiger partial charge in [0.05, 0.1) is 5.25 Å². The van der Waals surface area contributed by atoms with Gasteiger partial charge < -0.3 is 15.3 Å². The number of rotatable bonds is 6. The first-order valence-electron chi connectivity index (χ1n) is 9.96. The van der Waals surface area contributed by atoms with Gasteiger partial charge in [-0.2, -0.15) is 12.6 Å². The summed E-state index contributed by atoms with van der Waals surface area (Å²) >= 11 is 4.38. The van der Waals surface area contributed by atoms with Crippen LogP contribution in [0.4, 0.5) is 0 Å². The van der Waals surface area contributed by atoms with E-state index in [1.807, 2.05) is 30.3 Å². The fourth-order valence-corrected chi connectivity index (χ4v) is 4.81. The molecular formula is C21H28N2O4S. The van der Waals surface area contributed by atoms with Crippen molar-refractivity contribution in [3.05, 3.63) is 35.9 Å². The highest BCUT2D eigenvalue weighted by Gasteiger charge is 2.48. The molecule has 1 aromatic carbocycles. The standard InChI is InChI=1S/C21H28N2O4S/c1-13(22-19(24)18(28)11-14-7-3-2-4-8-14)20(25)23-16-10-6-5-9-15(16)12-17(23)21(26)27/h2-4,7-8,13,15-18,28H,5-6,9-12H2,1H3,(H,22,24)(H,26,27)/t13-,15?,16?,17?,18-/m0/s1. The average molecular weight is 405 g/mol. The van der Waals surface area contributed by atoms with E-state index in [2.05, 4.69) is 17.9 Å². The molecule has 2 fully saturated rings. The Hall–Kier alpha value is -2.02. The molecule has 5 atom stereocenters. The Labute approximate surface area is 171 Å². The number of amides is 2. The SMILES string of the molecule is C[C@H](NC(=O)[C@@H](S)Cc1ccccc1)C(=O)N1C(C(=O)O)CC2CCCCC21. The van der Waals surface area contributed by atoms with Gasteiger partial charge >= 0.3 is 5.97 Å². The van der Waals surface area contributed by atoms with Crippen LogP contribution in [0.5, 0.6) is 0 Å². The molecule has 2 N–H and O–H groups in total. The Bertz CT molecular complexity index is 726. The van der Waals surface area contributed by atoms with Crippen molar-refractivity contribution in [2.75, 3.05) is 0 Å². The number of carbonyl (C=O) groups excluding carboxylic acids is 2. The van der Waals surface area contributed by atoms with Gasteiger partial charge in [-0.25, -0.2) is 4.79 Å². The first kappa shape index (κ1) is 20.7. The van der Waals surface area contributed by atoms with Crippen molar-refractivity contribution in [1.29, 1.82) is 0 Å². The first-order chi connectivity index (χ1) is 13.4. The zero-order valence-electron chi connectivity index (χ0n) is 16.1. The molecule has 0 bridgehead atoms. The highest BCUT2D eigenvalue weighted by Crippen LogP contribution is 2.40. The van der Waals surface area contributed by atoms with Crippen LogP contribution in [-0.2, 0) is 20.8 Å². The summed E-state index contributed by atoms with van der Waals surface area (Å²) in [5.74, 6) is -1.34. The lowest BCUT2D eigenvalue weighted by Gasteiger charge is -2.34. The second kappa shape index (κ2) is 8.99. The second-order valence-corrected chi connectivity index (χ2v) is 8.51. The lowest BCUT2D eigenvalue weighted by Crippen LogP contribution is -2.54. The fourth-order valence-electron chi connectivity index (χ4n) is 4.52. The van der Waals surface area contributed by atoms with Gasteiger partial charge in [0.1, 0.15) is 12.1 Å². The number of aliphatic carboxylic acids is 1. The van der Waals surface area contributed by atoms with Crippen molar-refractivity contribution in [1.82, 2.24) is 10.2 Å². The van der Waals surface area contributed by atoms with Crippen LogP contribution in [0.15, 0.2) is 30.3 Å². The van der Waals surface area contributed by atoms with E-state index < -0.39 is 23.3 Å². The number of carboxylic acid groups (broad SMARTS) is 1. The zero-order valence-corrected chi connectivity index (χ0v) is 17.0. The third kappa shape index (κ3) is 4.51. The molecule has 3 rings (SSSR count). The number of nitrogens with zero attached hydrogens (tertiary/aromatic N) is 1. The minimum absolute atomic E-state index is 0.0298. The molecule has 2 amide bonds. The molecule has 1 saturated heterocycles. The maximum Gasteiger partial charge on any atom is 0.326 e. The molecule has 152 valence electrons. The molecule has 7 heteroatoms. The molecule has 28 heavy (non-hydrogen) atoms. The molecule has 1 saturated carbocycles. The molecule has 0 spiro atoms. The maximum absolute atomic E-state index is 13.1. The first-order valence-corrected chi connectivity index (χ1v) is 10.5.